The monoisotopic (exact) mass is 338 g/mol. The molecule has 0 unspecified atom stereocenters. The van der Waals surface area contributed by atoms with Crippen LogP contribution in [0, 0.1) is 0 Å². The minimum atomic E-state index is -0.424. The van der Waals surface area contributed by atoms with Crippen LogP contribution in [0.5, 0.6) is 5.75 Å². The maximum atomic E-state index is 12.1. The SMILES string of the molecule is NC(=O)CCOc1ccccc1NC(=O)CCC=Cc1ccccc1. The number of hydrogen-bond acceptors (Lipinski definition) is 3. The van der Waals surface area contributed by atoms with Crippen molar-refractivity contribution in [2.24, 2.45) is 5.73 Å². The van der Waals surface area contributed by atoms with E-state index in [1.54, 1.807) is 18.2 Å². The van der Waals surface area contributed by atoms with Crippen molar-refractivity contribution in [1.82, 2.24) is 0 Å². The summed E-state index contributed by atoms with van der Waals surface area (Å²) in [5, 5.41) is 2.83. The fourth-order valence-electron chi connectivity index (χ4n) is 2.17. The summed E-state index contributed by atoms with van der Waals surface area (Å²) in [6.07, 6.45) is 5.12. The Labute approximate surface area is 147 Å². The number of carbonyl (C=O) groups is 2. The number of para-hydroxylation sites is 2. The molecule has 0 atom stereocenters. The van der Waals surface area contributed by atoms with Crippen molar-refractivity contribution in [3.8, 4) is 5.75 Å². The van der Waals surface area contributed by atoms with Gasteiger partial charge in [-0.1, -0.05) is 54.6 Å². The van der Waals surface area contributed by atoms with Crippen LogP contribution in [-0.4, -0.2) is 18.4 Å². The van der Waals surface area contributed by atoms with Crippen LogP contribution in [-0.2, 0) is 9.59 Å². The molecule has 130 valence electrons. The van der Waals surface area contributed by atoms with E-state index in [2.05, 4.69) is 5.32 Å². The predicted molar refractivity (Wildman–Crippen MR) is 99.1 cm³/mol. The Kier molecular flexibility index (Phi) is 7.25. The molecule has 0 fully saturated rings. The first-order chi connectivity index (χ1) is 12.1. The van der Waals surface area contributed by atoms with Crippen LogP contribution in [0.3, 0.4) is 0 Å². The molecule has 2 rings (SSSR count). The molecule has 0 radical (unpaired) electrons. The summed E-state index contributed by atoms with van der Waals surface area (Å²) < 4.78 is 5.50. The van der Waals surface area contributed by atoms with E-state index in [1.165, 1.54) is 0 Å². The highest BCUT2D eigenvalue weighted by molar-refractivity contribution is 5.92. The number of hydrogen-bond donors (Lipinski definition) is 2. The second kappa shape index (κ2) is 9.93. The third-order valence-electron chi connectivity index (χ3n) is 3.42. The molecule has 0 aliphatic carbocycles. The maximum absolute atomic E-state index is 12.1. The maximum Gasteiger partial charge on any atom is 0.224 e. The Morgan fingerprint density at radius 1 is 1.00 bits per heavy atom. The molecule has 3 N–H and O–H groups in total. The molecule has 0 bridgehead atoms. The standard InChI is InChI=1S/C20H22N2O3/c21-19(23)14-15-25-18-12-6-5-11-17(18)22-20(24)13-7-4-10-16-8-2-1-3-9-16/h1-6,8-12H,7,13-15H2,(H2,21,23)(H,22,24). The first-order valence-corrected chi connectivity index (χ1v) is 8.17. The number of benzene rings is 2. The Balaban J connectivity index is 1.81. The molecule has 0 aromatic heterocycles. The zero-order valence-electron chi connectivity index (χ0n) is 14.0. The highest BCUT2D eigenvalue weighted by Gasteiger charge is 2.07. The number of nitrogens with one attached hydrogen (secondary N) is 1. The molecule has 0 saturated carbocycles. The molecule has 0 aliphatic rings. The average Bonchev–Trinajstić information content (AvgIpc) is 2.61. The zero-order valence-corrected chi connectivity index (χ0v) is 14.0. The predicted octanol–water partition coefficient (Wildman–Crippen LogP) is 3.37. The summed E-state index contributed by atoms with van der Waals surface area (Å²) in [5.74, 6) is 0.00677. The van der Waals surface area contributed by atoms with E-state index in [4.69, 9.17) is 10.5 Å². The van der Waals surface area contributed by atoms with E-state index in [0.29, 0.717) is 24.3 Å². The van der Waals surface area contributed by atoms with Crippen LogP contribution in [0.15, 0.2) is 60.7 Å². The number of rotatable bonds is 9. The van der Waals surface area contributed by atoms with E-state index >= 15 is 0 Å². The van der Waals surface area contributed by atoms with Crippen molar-refractivity contribution in [3.05, 3.63) is 66.2 Å². The lowest BCUT2D eigenvalue weighted by atomic mass is 10.2. The van der Waals surface area contributed by atoms with Gasteiger partial charge in [-0.2, -0.15) is 0 Å². The Hall–Kier alpha value is -3.08. The van der Waals surface area contributed by atoms with Crippen LogP contribution >= 0.6 is 0 Å². The third-order valence-corrected chi connectivity index (χ3v) is 3.42. The summed E-state index contributed by atoms with van der Waals surface area (Å²) in [6, 6.07) is 17.1. The molecule has 25 heavy (non-hydrogen) atoms. The van der Waals surface area contributed by atoms with Gasteiger partial charge in [0.2, 0.25) is 11.8 Å². The number of amides is 2. The van der Waals surface area contributed by atoms with E-state index in [-0.39, 0.29) is 18.9 Å². The van der Waals surface area contributed by atoms with Crippen molar-refractivity contribution >= 4 is 23.6 Å². The van der Waals surface area contributed by atoms with E-state index in [9.17, 15) is 9.59 Å². The lowest BCUT2D eigenvalue weighted by molar-refractivity contribution is -0.118. The van der Waals surface area contributed by atoms with Gasteiger partial charge >= 0.3 is 0 Å². The molecule has 2 aromatic rings. The fraction of sp³-hybridized carbons (Fsp3) is 0.200. The van der Waals surface area contributed by atoms with Gasteiger partial charge in [-0.3, -0.25) is 9.59 Å². The molecule has 0 heterocycles. The van der Waals surface area contributed by atoms with Crippen LogP contribution in [0.1, 0.15) is 24.8 Å². The summed E-state index contributed by atoms with van der Waals surface area (Å²) in [6.45, 7) is 0.183. The highest BCUT2D eigenvalue weighted by Crippen LogP contribution is 2.24. The van der Waals surface area contributed by atoms with Gasteiger partial charge in [-0.15, -0.1) is 0 Å². The number of nitrogens with two attached hydrogens (primary N) is 1. The van der Waals surface area contributed by atoms with Crippen molar-refractivity contribution in [1.29, 1.82) is 0 Å². The van der Waals surface area contributed by atoms with E-state index in [1.807, 2.05) is 48.6 Å². The number of primary amides is 1. The van der Waals surface area contributed by atoms with Crippen molar-refractivity contribution in [2.75, 3.05) is 11.9 Å². The number of carbonyl (C=O) groups excluding carboxylic acids is 2. The van der Waals surface area contributed by atoms with Crippen LogP contribution < -0.4 is 15.8 Å². The van der Waals surface area contributed by atoms with Gasteiger partial charge in [0.15, 0.2) is 0 Å². The van der Waals surface area contributed by atoms with Crippen LogP contribution in [0.4, 0.5) is 5.69 Å². The third kappa shape index (κ3) is 6.91. The Morgan fingerprint density at radius 2 is 1.72 bits per heavy atom. The zero-order chi connectivity index (χ0) is 17.9. The second-order valence-corrected chi connectivity index (χ2v) is 5.46. The lowest BCUT2D eigenvalue weighted by Crippen LogP contribution is -2.16. The molecular formula is C20H22N2O3. The summed E-state index contributed by atoms with van der Waals surface area (Å²) in [7, 11) is 0. The smallest absolute Gasteiger partial charge is 0.224 e. The molecule has 0 saturated heterocycles. The highest BCUT2D eigenvalue weighted by atomic mass is 16.5. The lowest BCUT2D eigenvalue weighted by Gasteiger charge is -2.11. The van der Waals surface area contributed by atoms with Crippen LogP contribution in [0.25, 0.3) is 6.08 Å². The molecule has 2 aromatic carbocycles. The quantitative estimate of drug-likeness (QED) is 0.735. The van der Waals surface area contributed by atoms with E-state index < -0.39 is 5.91 Å². The molecular weight excluding hydrogens is 316 g/mol. The van der Waals surface area contributed by atoms with Crippen LogP contribution in [0.2, 0.25) is 0 Å². The molecule has 5 nitrogen and oxygen atoms in total. The molecule has 0 spiro atoms. The normalized spacial score (nSPS) is 10.6. The Bertz CT molecular complexity index is 727. The molecule has 5 heteroatoms. The minimum Gasteiger partial charge on any atom is -0.491 e. The van der Waals surface area contributed by atoms with Crippen molar-refractivity contribution < 1.29 is 14.3 Å². The average molecular weight is 338 g/mol. The van der Waals surface area contributed by atoms with Gasteiger partial charge < -0.3 is 15.8 Å². The Morgan fingerprint density at radius 3 is 2.48 bits per heavy atom. The topological polar surface area (TPSA) is 81.4 Å². The molecule has 2 amide bonds. The minimum absolute atomic E-state index is 0.0938. The first kappa shape index (κ1) is 18.3. The number of anilines is 1. The number of allylic oxidation sites excluding steroid dienone is 1. The summed E-state index contributed by atoms with van der Waals surface area (Å²) in [4.78, 5) is 22.9. The van der Waals surface area contributed by atoms with E-state index in [0.717, 1.165) is 5.56 Å². The van der Waals surface area contributed by atoms with Gasteiger partial charge in [-0.05, 0) is 24.1 Å². The second-order valence-electron chi connectivity index (χ2n) is 5.46. The summed E-state index contributed by atoms with van der Waals surface area (Å²) >= 11 is 0. The molecule has 0 aliphatic heterocycles. The number of ether oxygens (including phenoxy) is 1. The first-order valence-electron chi connectivity index (χ1n) is 8.17. The van der Waals surface area contributed by atoms with Gasteiger partial charge in [0.25, 0.3) is 0 Å². The van der Waals surface area contributed by atoms with Crippen molar-refractivity contribution in [2.45, 2.75) is 19.3 Å². The largest absolute Gasteiger partial charge is 0.491 e. The van der Waals surface area contributed by atoms with Gasteiger partial charge in [0.1, 0.15) is 5.75 Å². The van der Waals surface area contributed by atoms with Gasteiger partial charge in [0.05, 0.1) is 18.7 Å². The van der Waals surface area contributed by atoms with Crippen molar-refractivity contribution in [3.63, 3.8) is 0 Å². The van der Waals surface area contributed by atoms with Gasteiger partial charge in [-0.25, -0.2) is 0 Å². The summed E-state index contributed by atoms with van der Waals surface area (Å²) in [5.41, 5.74) is 6.78. The fourth-order valence-corrected chi connectivity index (χ4v) is 2.17. The van der Waals surface area contributed by atoms with Gasteiger partial charge in [0, 0.05) is 6.42 Å².